The first-order chi connectivity index (χ1) is 9.41. The lowest BCUT2D eigenvalue weighted by Crippen LogP contribution is -2.16. The van der Waals surface area contributed by atoms with Crippen molar-refractivity contribution in [2.75, 3.05) is 19.0 Å². The Labute approximate surface area is 117 Å². The van der Waals surface area contributed by atoms with Gasteiger partial charge in [-0.2, -0.15) is 0 Å². The summed E-state index contributed by atoms with van der Waals surface area (Å²) in [6, 6.07) is 9.19. The van der Waals surface area contributed by atoms with Gasteiger partial charge in [-0.05, 0) is 36.2 Å². The van der Waals surface area contributed by atoms with E-state index in [0.717, 1.165) is 5.69 Å². The van der Waals surface area contributed by atoms with Crippen molar-refractivity contribution in [2.24, 2.45) is 5.73 Å². The van der Waals surface area contributed by atoms with Gasteiger partial charge in [0.05, 0.1) is 6.04 Å². The molecule has 0 spiro atoms. The summed E-state index contributed by atoms with van der Waals surface area (Å²) < 4.78 is 27.9. The Hall–Kier alpha value is -1.94. The minimum atomic E-state index is -0.814. The van der Waals surface area contributed by atoms with Gasteiger partial charge < -0.3 is 10.6 Å². The van der Waals surface area contributed by atoms with E-state index in [9.17, 15) is 8.78 Å². The Morgan fingerprint density at radius 2 is 1.60 bits per heavy atom. The third kappa shape index (κ3) is 2.65. The minimum absolute atomic E-state index is 0.0809. The van der Waals surface area contributed by atoms with Crippen LogP contribution < -0.4 is 10.6 Å². The summed E-state index contributed by atoms with van der Waals surface area (Å²) in [4.78, 5) is 1.95. The molecule has 0 radical (unpaired) electrons. The van der Waals surface area contributed by atoms with Gasteiger partial charge in [0, 0.05) is 25.3 Å². The molecule has 0 heterocycles. The molecule has 106 valence electrons. The van der Waals surface area contributed by atoms with Crippen molar-refractivity contribution in [3.63, 3.8) is 0 Å². The summed E-state index contributed by atoms with van der Waals surface area (Å²) in [6.07, 6.45) is 0. The molecular weight excluding hydrogens is 258 g/mol. The number of halogens is 2. The smallest absolute Gasteiger partial charge is 0.134 e. The van der Waals surface area contributed by atoms with E-state index < -0.39 is 17.7 Å². The van der Waals surface area contributed by atoms with Crippen LogP contribution in [0.4, 0.5) is 14.5 Å². The summed E-state index contributed by atoms with van der Waals surface area (Å²) >= 11 is 0. The van der Waals surface area contributed by atoms with E-state index in [4.69, 9.17) is 5.73 Å². The first kappa shape index (κ1) is 14.5. The largest absolute Gasteiger partial charge is 0.378 e. The molecule has 0 saturated heterocycles. The highest BCUT2D eigenvalue weighted by Gasteiger charge is 2.19. The van der Waals surface area contributed by atoms with Gasteiger partial charge in [0.25, 0.3) is 0 Å². The van der Waals surface area contributed by atoms with Gasteiger partial charge >= 0.3 is 0 Å². The third-order valence-corrected chi connectivity index (χ3v) is 3.40. The number of nitrogens with zero attached hydrogens (tertiary/aromatic N) is 1. The Morgan fingerprint density at radius 1 is 1.00 bits per heavy atom. The number of aryl methyl sites for hydroxylation is 1. The summed E-state index contributed by atoms with van der Waals surface area (Å²) in [6.45, 7) is 1.60. The molecule has 0 aromatic heterocycles. The molecule has 2 N–H and O–H groups in total. The van der Waals surface area contributed by atoms with Gasteiger partial charge in [-0.3, -0.25) is 0 Å². The van der Waals surface area contributed by atoms with E-state index >= 15 is 0 Å². The zero-order valence-electron chi connectivity index (χ0n) is 11.8. The number of anilines is 1. The second-order valence-electron chi connectivity index (χ2n) is 5.06. The van der Waals surface area contributed by atoms with E-state index in [0.29, 0.717) is 11.1 Å². The SMILES string of the molecule is Cc1ccc(F)c(C(N)c2ccc(N(C)C)cc2)c1F. The van der Waals surface area contributed by atoms with E-state index in [-0.39, 0.29) is 5.56 Å². The van der Waals surface area contributed by atoms with Crippen LogP contribution in [0.3, 0.4) is 0 Å². The molecule has 0 aliphatic heterocycles. The molecule has 0 fully saturated rings. The maximum Gasteiger partial charge on any atom is 0.134 e. The van der Waals surface area contributed by atoms with Crippen molar-refractivity contribution < 1.29 is 8.78 Å². The average molecular weight is 276 g/mol. The fraction of sp³-hybridized carbons (Fsp3) is 0.250. The van der Waals surface area contributed by atoms with Gasteiger partial charge in [0.2, 0.25) is 0 Å². The van der Waals surface area contributed by atoms with Crippen molar-refractivity contribution >= 4 is 5.69 Å². The molecule has 2 nitrogen and oxygen atoms in total. The molecule has 1 atom stereocenters. The number of rotatable bonds is 3. The fourth-order valence-corrected chi connectivity index (χ4v) is 2.11. The lowest BCUT2D eigenvalue weighted by Gasteiger charge is -2.17. The van der Waals surface area contributed by atoms with Crippen molar-refractivity contribution in [1.29, 1.82) is 0 Å². The van der Waals surface area contributed by atoms with Crippen LogP contribution in [0.1, 0.15) is 22.7 Å². The van der Waals surface area contributed by atoms with Crippen LogP contribution in [-0.2, 0) is 0 Å². The summed E-state index contributed by atoms with van der Waals surface area (Å²) in [7, 11) is 3.85. The molecule has 0 saturated carbocycles. The quantitative estimate of drug-likeness (QED) is 0.931. The van der Waals surface area contributed by atoms with Gasteiger partial charge in [0.15, 0.2) is 0 Å². The van der Waals surface area contributed by atoms with Crippen LogP contribution in [0.2, 0.25) is 0 Å². The Balaban J connectivity index is 2.41. The molecule has 20 heavy (non-hydrogen) atoms. The Kier molecular flexibility index (Phi) is 4.04. The van der Waals surface area contributed by atoms with Crippen molar-refractivity contribution in [3.8, 4) is 0 Å². The maximum absolute atomic E-state index is 14.1. The zero-order valence-corrected chi connectivity index (χ0v) is 11.8. The molecular formula is C16H18F2N2. The van der Waals surface area contributed by atoms with E-state index in [1.807, 2.05) is 31.1 Å². The van der Waals surface area contributed by atoms with Crippen LogP contribution in [0.25, 0.3) is 0 Å². The lowest BCUT2D eigenvalue weighted by atomic mass is 9.96. The zero-order chi connectivity index (χ0) is 14.9. The van der Waals surface area contributed by atoms with E-state index in [1.54, 1.807) is 19.1 Å². The third-order valence-electron chi connectivity index (χ3n) is 3.40. The first-order valence-corrected chi connectivity index (χ1v) is 6.39. The minimum Gasteiger partial charge on any atom is -0.378 e. The first-order valence-electron chi connectivity index (χ1n) is 6.39. The molecule has 4 heteroatoms. The highest BCUT2D eigenvalue weighted by molar-refractivity contribution is 5.48. The van der Waals surface area contributed by atoms with Crippen LogP contribution in [0.5, 0.6) is 0 Å². The number of hydrogen-bond donors (Lipinski definition) is 1. The molecule has 0 amide bonds. The number of nitrogens with two attached hydrogens (primary N) is 1. The Bertz CT molecular complexity index is 607. The fourth-order valence-electron chi connectivity index (χ4n) is 2.11. The molecule has 0 aliphatic rings. The highest BCUT2D eigenvalue weighted by Crippen LogP contribution is 2.27. The normalized spacial score (nSPS) is 12.3. The standard InChI is InChI=1S/C16H18F2N2/c1-10-4-9-13(17)14(15(10)18)16(19)11-5-7-12(8-6-11)20(2)3/h4-9,16H,19H2,1-3H3. The van der Waals surface area contributed by atoms with Gasteiger partial charge in [-0.25, -0.2) is 8.78 Å². The van der Waals surface area contributed by atoms with Gasteiger partial charge in [-0.15, -0.1) is 0 Å². The second-order valence-corrected chi connectivity index (χ2v) is 5.06. The summed E-state index contributed by atoms with van der Waals surface area (Å²) in [5.74, 6) is -1.19. The van der Waals surface area contributed by atoms with Crippen LogP contribution in [-0.4, -0.2) is 14.1 Å². The molecule has 0 aliphatic carbocycles. The molecule has 2 rings (SSSR count). The molecule has 2 aromatic rings. The monoisotopic (exact) mass is 276 g/mol. The lowest BCUT2D eigenvalue weighted by molar-refractivity contribution is 0.538. The summed E-state index contributed by atoms with van der Waals surface area (Å²) in [5, 5.41) is 0. The van der Waals surface area contributed by atoms with Crippen molar-refractivity contribution in [3.05, 3.63) is 64.7 Å². The van der Waals surface area contributed by atoms with Crippen molar-refractivity contribution in [2.45, 2.75) is 13.0 Å². The van der Waals surface area contributed by atoms with Crippen LogP contribution in [0.15, 0.2) is 36.4 Å². The van der Waals surface area contributed by atoms with Crippen LogP contribution in [0, 0.1) is 18.6 Å². The maximum atomic E-state index is 14.1. The number of benzene rings is 2. The predicted molar refractivity (Wildman–Crippen MR) is 77.9 cm³/mol. The predicted octanol–water partition coefficient (Wildman–Crippen LogP) is 3.39. The summed E-state index contributed by atoms with van der Waals surface area (Å²) in [5.41, 5.74) is 8.01. The van der Waals surface area contributed by atoms with Crippen LogP contribution >= 0.6 is 0 Å². The molecule has 1 unspecified atom stereocenters. The highest BCUT2D eigenvalue weighted by atomic mass is 19.1. The topological polar surface area (TPSA) is 29.3 Å². The average Bonchev–Trinajstić information content (AvgIpc) is 2.43. The second kappa shape index (κ2) is 5.59. The van der Waals surface area contributed by atoms with Gasteiger partial charge in [-0.1, -0.05) is 18.2 Å². The van der Waals surface area contributed by atoms with E-state index in [2.05, 4.69) is 0 Å². The van der Waals surface area contributed by atoms with Gasteiger partial charge in [0.1, 0.15) is 11.6 Å². The van der Waals surface area contributed by atoms with E-state index in [1.165, 1.54) is 12.1 Å². The molecule has 2 aromatic carbocycles. The van der Waals surface area contributed by atoms with Crippen molar-refractivity contribution in [1.82, 2.24) is 0 Å². The molecule has 0 bridgehead atoms. The Morgan fingerprint density at radius 3 is 2.15 bits per heavy atom. The number of hydrogen-bond acceptors (Lipinski definition) is 2.